The molecule has 7 nitrogen and oxygen atoms in total. The largest absolute Gasteiger partial charge is 0.462 e. The molecule has 0 aromatic heterocycles. The van der Waals surface area contributed by atoms with Crippen molar-refractivity contribution in [1.82, 2.24) is 4.90 Å². The van der Waals surface area contributed by atoms with Gasteiger partial charge in [-0.05, 0) is 91.3 Å². The van der Waals surface area contributed by atoms with Gasteiger partial charge in [0.1, 0.15) is 18.3 Å². The SMILES string of the molecule is CCCCC(CCCC)OC(=O)CCCCCCCCC(CCCCCCCCC(=O)OC(CCCC)CCCC)OC(=O)CCCN(C)C. The van der Waals surface area contributed by atoms with E-state index < -0.39 is 0 Å². The average Bonchev–Trinajstić information content (AvgIpc) is 3.08. The Balaban J connectivity index is 4.32. The Labute approximate surface area is 310 Å². The van der Waals surface area contributed by atoms with Gasteiger partial charge in [-0.2, -0.15) is 0 Å². The van der Waals surface area contributed by atoms with Gasteiger partial charge in [-0.15, -0.1) is 0 Å². The van der Waals surface area contributed by atoms with Crippen molar-refractivity contribution >= 4 is 17.9 Å². The Hall–Kier alpha value is -1.63. The molecule has 0 heterocycles. The summed E-state index contributed by atoms with van der Waals surface area (Å²) in [5, 5.41) is 0. The molecule has 0 aliphatic carbocycles. The topological polar surface area (TPSA) is 82.1 Å². The van der Waals surface area contributed by atoms with E-state index in [4.69, 9.17) is 14.2 Å². The van der Waals surface area contributed by atoms with E-state index in [0.29, 0.717) is 19.3 Å². The number of esters is 3. The molecule has 0 unspecified atom stereocenters. The van der Waals surface area contributed by atoms with Crippen LogP contribution in [-0.2, 0) is 28.6 Å². The average molecular weight is 710 g/mol. The van der Waals surface area contributed by atoms with Gasteiger partial charge in [-0.25, -0.2) is 0 Å². The maximum atomic E-state index is 12.6. The lowest BCUT2D eigenvalue weighted by molar-refractivity contribution is -0.151. The third kappa shape index (κ3) is 32.3. The summed E-state index contributed by atoms with van der Waals surface area (Å²) in [5.74, 6) is -0.105. The Morgan fingerprint density at radius 1 is 0.380 bits per heavy atom. The van der Waals surface area contributed by atoms with E-state index >= 15 is 0 Å². The lowest BCUT2D eigenvalue weighted by Crippen LogP contribution is -2.20. The molecule has 0 fully saturated rings. The molecule has 296 valence electrons. The predicted octanol–water partition coefficient (Wildman–Crippen LogP) is 12.1. The normalized spacial score (nSPS) is 11.6. The van der Waals surface area contributed by atoms with Crippen molar-refractivity contribution in [2.75, 3.05) is 20.6 Å². The van der Waals surface area contributed by atoms with Crippen LogP contribution in [0.15, 0.2) is 0 Å². The molecule has 0 aromatic carbocycles. The van der Waals surface area contributed by atoms with Crippen molar-refractivity contribution in [3.05, 3.63) is 0 Å². The van der Waals surface area contributed by atoms with Gasteiger partial charge >= 0.3 is 17.9 Å². The highest BCUT2D eigenvalue weighted by molar-refractivity contribution is 5.70. The molecule has 50 heavy (non-hydrogen) atoms. The van der Waals surface area contributed by atoms with Gasteiger partial charge in [0, 0.05) is 19.3 Å². The van der Waals surface area contributed by atoms with Crippen LogP contribution in [0.5, 0.6) is 0 Å². The van der Waals surface area contributed by atoms with Crippen LogP contribution in [0.2, 0.25) is 0 Å². The summed E-state index contributed by atoms with van der Waals surface area (Å²) in [6.45, 7) is 9.64. The van der Waals surface area contributed by atoms with E-state index in [1.807, 2.05) is 14.1 Å². The Bertz CT molecular complexity index is 721. The number of rotatable bonds is 37. The first-order valence-electron chi connectivity index (χ1n) is 21.5. The first kappa shape index (κ1) is 48.4. The van der Waals surface area contributed by atoms with Crippen molar-refractivity contribution in [1.29, 1.82) is 0 Å². The summed E-state index contributed by atoms with van der Waals surface area (Å²) in [6.07, 6.45) is 30.4. The van der Waals surface area contributed by atoms with E-state index in [-0.39, 0.29) is 36.2 Å². The van der Waals surface area contributed by atoms with Crippen molar-refractivity contribution in [2.45, 2.75) is 239 Å². The quantitative estimate of drug-likeness (QED) is 0.0361. The third-order valence-corrected chi connectivity index (χ3v) is 9.71. The van der Waals surface area contributed by atoms with E-state index in [0.717, 1.165) is 180 Å². The van der Waals surface area contributed by atoms with Crippen LogP contribution >= 0.6 is 0 Å². The molecule has 7 heteroatoms. The molecular formula is C43H83NO6. The van der Waals surface area contributed by atoms with Crippen molar-refractivity contribution < 1.29 is 28.6 Å². The number of ether oxygens (including phenoxy) is 3. The van der Waals surface area contributed by atoms with Gasteiger partial charge in [0.2, 0.25) is 0 Å². The lowest BCUT2D eigenvalue weighted by Gasteiger charge is -2.19. The fraction of sp³-hybridized carbons (Fsp3) is 0.930. The summed E-state index contributed by atoms with van der Waals surface area (Å²) < 4.78 is 17.6. The Kier molecular flexibility index (Phi) is 34.6. The molecule has 0 rings (SSSR count). The monoisotopic (exact) mass is 710 g/mol. The Morgan fingerprint density at radius 2 is 0.640 bits per heavy atom. The maximum absolute atomic E-state index is 12.6. The second kappa shape index (κ2) is 35.8. The zero-order valence-electron chi connectivity index (χ0n) is 34.0. The van der Waals surface area contributed by atoms with Gasteiger partial charge < -0.3 is 19.1 Å². The number of hydrogen-bond donors (Lipinski definition) is 0. The number of nitrogens with zero attached hydrogens (tertiary/aromatic N) is 1. The van der Waals surface area contributed by atoms with Crippen LogP contribution in [0.4, 0.5) is 0 Å². The predicted molar refractivity (Wildman–Crippen MR) is 209 cm³/mol. The summed E-state index contributed by atoms with van der Waals surface area (Å²) in [4.78, 5) is 39.4. The molecule has 0 amide bonds. The number of unbranched alkanes of at least 4 members (excludes halogenated alkanes) is 14. The number of carbonyl (C=O) groups excluding carboxylic acids is 3. The minimum atomic E-state index is -0.0612. The summed E-state index contributed by atoms with van der Waals surface area (Å²) in [5.41, 5.74) is 0. The maximum Gasteiger partial charge on any atom is 0.306 e. The van der Waals surface area contributed by atoms with E-state index in [1.165, 1.54) is 0 Å². The molecule has 0 atom stereocenters. The van der Waals surface area contributed by atoms with Crippen LogP contribution in [0.3, 0.4) is 0 Å². The smallest absolute Gasteiger partial charge is 0.306 e. The molecule has 0 bridgehead atoms. The van der Waals surface area contributed by atoms with Gasteiger partial charge in [-0.3, -0.25) is 14.4 Å². The fourth-order valence-electron chi connectivity index (χ4n) is 6.48. The van der Waals surface area contributed by atoms with Crippen LogP contribution in [0.1, 0.15) is 220 Å². The Morgan fingerprint density at radius 3 is 0.940 bits per heavy atom. The van der Waals surface area contributed by atoms with Crippen LogP contribution in [0, 0.1) is 0 Å². The van der Waals surface area contributed by atoms with Gasteiger partial charge in [0.15, 0.2) is 0 Å². The molecular weight excluding hydrogens is 626 g/mol. The van der Waals surface area contributed by atoms with Crippen molar-refractivity contribution in [3.63, 3.8) is 0 Å². The molecule has 0 radical (unpaired) electrons. The molecule has 0 N–H and O–H groups in total. The first-order chi connectivity index (χ1) is 24.2. The summed E-state index contributed by atoms with van der Waals surface area (Å²) in [7, 11) is 4.06. The minimum absolute atomic E-state index is 0.00752. The standard InChI is InChI=1S/C43H83NO6/c1-7-11-28-38(29-12-8-2)48-41(45)34-25-21-17-15-19-23-32-40(50-43(47)36-27-37-44(5)6)33-24-20-16-18-22-26-35-42(46)49-39(30-13-9-3)31-14-10-4/h38-40H,7-37H2,1-6H3. The second-order valence-electron chi connectivity index (χ2n) is 15.1. The van der Waals surface area contributed by atoms with Crippen molar-refractivity contribution in [2.24, 2.45) is 0 Å². The molecule has 0 spiro atoms. The molecule has 0 aliphatic rings. The van der Waals surface area contributed by atoms with Gasteiger partial charge in [0.25, 0.3) is 0 Å². The fourth-order valence-corrected chi connectivity index (χ4v) is 6.48. The summed E-state index contributed by atoms with van der Waals surface area (Å²) in [6, 6.07) is 0. The second-order valence-corrected chi connectivity index (χ2v) is 15.1. The highest BCUT2D eigenvalue weighted by atomic mass is 16.6. The summed E-state index contributed by atoms with van der Waals surface area (Å²) >= 11 is 0. The highest BCUT2D eigenvalue weighted by Gasteiger charge is 2.16. The lowest BCUT2D eigenvalue weighted by atomic mass is 10.0. The zero-order valence-corrected chi connectivity index (χ0v) is 34.0. The van der Waals surface area contributed by atoms with E-state index in [1.54, 1.807) is 0 Å². The highest BCUT2D eigenvalue weighted by Crippen LogP contribution is 2.20. The molecule has 0 saturated carbocycles. The molecule has 0 aromatic rings. The van der Waals surface area contributed by atoms with E-state index in [2.05, 4.69) is 32.6 Å². The zero-order chi connectivity index (χ0) is 37.1. The first-order valence-corrected chi connectivity index (χ1v) is 21.5. The third-order valence-electron chi connectivity index (χ3n) is 9.71. The van der Waals surface area contributed by atoms with Crippen molar-refractivity contribution in [3.8, 4) is 0 Å². The van der Waals surface area contributed by atoms with Crippen LogP contribution in [-0.4, -0.2) is 61.8 Å². The van der Waals surface area contributed by atoms with Gasteiger partial charge in [-0.1, -0.05) is 130 Å². The van der Waals surface area contributed by atoms with Gasteiger partial charge in [0.05, 0.1) is 0 Å². The van der Waals surface area contributed by atoms with E-state index in [9.17, 15) is 14.4 Å². The molecule has 0 aliphatic heterocycles. The van der Waals surface area contributed by atoms with Crippen LogP contribution in [0.25, 0.3) is 0 Å². The number of hydrogen-bond acceptors (Lipinski definition) is 7. The minimum Gasteiger partial charge on any atom is -0.462 e. The number of carbonyl (C=O) groups is 3. The molecule has 0 saturated heterocycles. The van der Waals surface area contributed by atoms with Crippen LogP contribution < -0.4 is 0 Å².